The van der Waals surface area contributed by atoms with E-state index < -0.39 is 0 Å². The van der Waals surface area contributed by atoms with E-state index >= 15 is 0 Å². The van der Waals surface area contributed by atoms with Gasteiger partial charge in [0.15, 0.2) is 5.78 Å². The van der Waals surface area contributed by atoms with Crippen LogP contribution < -0.4 is 0 Å². The zero-order valence-corrected chi connectivity index (χ0v) is 16.5. The Balaban J connectivity index is 1.47. The molecule has 0 radical (unpaired) electrons. The number of ketones is 1. The molecule has 4 nitrogen and oxygen atoms in total. The molecule has 0 saturated carbocycles. The van der Waals surface area contributed by atoms with Gasteiger partial charge in [-0.05, 0) is 43.0 Å². The predicted octanol–water partition coefficient (Wildman–Crippen LogP) is 4.79. The van der Waals surface area contributed by atoms with Crippen LogP contribution in [0.1, 0.15) is 39.3 Å². The van der Waals surface area contributed by atoms with Gasteiger partial charge in [0.05, 0.1) is 5.56 Å². The van der Waals surface area contributed by atoms with Crippen LogP contribution in [0.3, 0.4) is 0 Å². The number of hydrogen-bond donors (Lipinski definition) is 0. The molecular formula is C25H24N2O2. The average Bonchev–Trinajstić information content (AvgIpc) is 2.79. The SMILES string of the molecule is Cc1ncccc1C(=O)N1CCC[C@@H](C(=O)c2ccc(-c3ccccc3)cc2)C1. The molecule has 3 aromatic rings. The van der Waals surface area contributed by atoms with Gasteiger partial charge in [0.2, 0.25) is 0 Å². The maximum atomic E-state index is 13.1. The third kappa shape index (κ3) is 4.11. The van der Waals surface area contributed by atoms with Crippen LogP contribution in [0.2, 0.25) is 0 Å². The molecule has 0 spiro atoms. The van der Waals surface area contributed by atoms with Crippen molar-refractivity contribution in [2.75, 3.05) is 13.1 Å². The molecule has 29 heavy (non-hydrogen) atoms. The summed E-state index contributed by atoms with van der Waals surface area (Å²) in [5.41, 5.74) is 4.28. The number of likely N-dealkylation sites (tertiary alicyclic amines) is 1. The molecule has 4 rings (SSSR count). The Kier molecular flexibility index (Phi) is 5.52. The monoisotopic (exact) mass is 384 g/mol. The maximum absolute atomic E-state index is 13.1. The normalized spacial score (nSPS) is 16.4. The Morgan fingerprint density at radius 3 is 2.38 bits per heavy atom. The number of nitrogens with zero attached hydrogens (tertiary/aromatic N) is 2. The van der Waals surface area contributed by atoms with E-state index in [1.165, 1.54) is 0 Å². The van der Waals surface area contributed by atoms with Gasteiger partial charge in [0.25, 0.3) is 5.91 Å². The number of aryl methyl sites for hydroxylation is 1. The van der Waals surface area contributed by atoms with Crippen molar-refractivity contribution in [3.05, 3.63) is 89.7 Å². The van der Waals surface area contributed by atoms with Crippen LogP contribution in [-0.2, 0) is 0 Å². The van der Waals surface area contributed by atoms with Gasteiger partial charge in [-0.15, -0.1) is 0 Å². The molecule has 4 heteroatoms. The quantitative estimate of drug-likeness (QED) is 0.608. The molecule has 2 aromatic carbocycles. The minimum Gasteiger partial charge on any atom is -0.338 e. The molecule has 1 aliphatic rings. The van der Waals surface area contributed by atoms with Gasteiger partial charge in [0.1, 0.15) is 0 Å². The largest absolute Gasteiger partial charge is 0.338 e. The highest BCUT2D eigenvalue weighted by Crippen LogP contribution is 2.25. The van der Waals surface area contributed by atoms with Gasteiger partial charge in [0, 0.05) is 36.5 Å². The fourth-order valence-corrected chi connectivity index (χ4v) is 3.95. The van der Waals surface area contributed by atoms with Gasteiger partial charge in [-0.2, -0.15) is 0 Å². The molecule has 1 amide bonds. The molecule has 1 saturated heterocycles. The van der Waals surface area contributed by atoms with E-state index in [1.807, 2.05) is 49.4 Å². The van der Waals surface area contributed by atoms with Gasteiger partial charge in [-0.25, -0.2) is 0 Å². The second-order valence-electron chi connectivity index (χ2n) is 7.53. The summed E-state index contributed by atoms with van der Waals surface area (Å²) in [5.74, 6) is -0.0789. The van der Waals surface area contributed by atoms with Gasteiger partial charge < -0.3 is 4.90 Å². The zero-order valence-electron chi connectivity index (χ0n) is 16.5. The van der Waals surface area contributed by atoms with Crippen LogP contribution in [0.4, 0.5) is 0 Å². The highest BCUT2D eigenvalue weighted by molar-refractivity contribution is 6.00. The van der Waals surface area contributed by atoms with Crippen LogP contribution in [0.15, 0.2) is 72.9 Å². The molecule has 0 unspecified atom stereocenters. The second kappa shape index (κ2) is 8.39. The lowest BCUT2D eigenvalue weighted by atomic mass is 9.89. The van der Waals surface area contributed by atoms with E-state index in [1.54, 1.807) is 23.2 Å². The maximum Gasteiger partial charge on any atom is 0.255 e. The Morgan fingerprint density at radius 1 is 0.931 bits per heavy atom. The summed E-state index contributed by atoms with van der Waals surface area (Å²) in [6.45, 7) is 2.99. The highest BCUT2D eigenvalue weighted by Gasteiger charge is 2.30. The van der Waals surface area contributed by atoms with E-state index in [4.69, 9.17) is 0 Å². The van der Waals surface area contributed by atoms with Crippen LogP contribution >= 0.6 is 0 Å². The first-order chi connectivity index (χ1) is 14.1. The van der Waals surface area contributed by atoms with Gasteiger partial charge in [-0.3, -0.25) is 14.6 Å². The van der Waals surface area contributed by atoms with Crippen molar-refractivity contribution in [3.63, 3.8) is 0 Å². The Labute approximate surface area is 171 Å². The summed E-state index contributed by atoms with van der Waals surface area (Å²) in [6.07, 6.45) is 3.34. The fraction of sp³-hybridized carbons (Fsp3) is 0.240. The number of Topliss-reactive ketones (excluding diaryl/α,β-unsaturated/α-hetero) is 1. The van der Waals surface area contributed by atoms with Crippen molar-refractivity contribution in [3.8, 4) is 11.1 Å². The fourth-order valence-electron chi connectivity index (χ4n) is 3.95. The molecular weight excluding hydrogens is 360 g/mol. The van der Waals surface area contributed by atoms with E-state index in [-0.39, 0.29) is 17.6 Å². The van der Waals surface area contributed by atoms with E-state index in [0.29, 0.717) is 24.2 Å². The van der Waals surface area contributed by atoms with E-state index in [0.717, 1.165) is 29.7 Å². The summed E-state index contributed by atoms with van der Waals surface area (Å²) in [6, 6.07) is 21.5. The summed E-state index contributed by atoms with van der Waals surface area (Å²) >= 11 is 0. The molecule has 1 atom stereocenters. The Morgan fingerprint density at radius 2 is 1.66 bits per heavy atom. The first-order valence-electron chi connectivity index (χ1n) is 10.0. The Bertz CT molecular complexity index is 1010. The zero-order chi connectivity index (χ0) is 20.2. The first-order valence-corrected chi connectivity index (χ1v) is 10.0. The summed E-state index contributed by atoms with van der Waals surface area (Å²) < 4.78 is 0. The number of amides is 1. The van der Waals surface area contributed by atoms with E-state index in [9.17, 15) is 9.59 Å². The predicted molar refractivity (Wildman–Crippen MR) is 114 cm³/mol. The summed E-state index contributed by atoms with van der Waals surface area (Å²) in [4.78, 5) is 32.0. The number of hydrogen-bond acceptors (Lipinski definition) is 3. The van der Waals surface area contributed by atoms with Crippen LogP contribution in [0.5, 0.6) is 0 Å². The van der Waals surface area contributed by atoms with Crippen LogP contribution in [-0.4, -0.2) is 34.7 Å². The molecule has 1 aliphatic heterocycles. The number of aromatic nitrogens is 1. The molecule has 1 fully saturated rings. The van der Waals surface area contributed by atoms with Crippen molar-refractivity contribution in [1.29, 1.82) is 0 Å². The first kappa shape index (κ1) is 19.1. The van der Waals surface area contributed by atoms with Crippen LogP contribution in [0.25, 0.3) is 11.1 Å². The number of rotatable bonds is 4. The third-order valence-electron chi connectivity index (χ3n) is 5.59. The van der Waals surface area contributed by atoms with Crippen LogP contribution in [0, 0.1) is 12.8 Å². The minimum atomic E-state index is -0.160. The lowest BCUT2D eigenvalue weighted by Crippen LogP contribution is -2.42. The molecule has 0 aliphatic carbocycles. The topological polar surface area (TPSA) is 50.3 Å². The van der Waals surface area contributed by atoms with Crippen molar-refractivity contribution >= 4 is 11.7 Å². The number of benzene rings is 2. The van der Waals surface area contributed by atoms with E-state index in [2.05, 4.69) is 17.1 Å². The summed E-state index contributed by atoms with van der Waals surface area (Å²) in [7, 11) is 0. The number of carbonyl (C=O) groups excluding carboxylic acids is 2. The molecule has 2 heterocycles. The summed E-state index contributed by atoms with van der Waals surface area (Å²) in [5, 5.41) is 0. The molecule has 146 valence electrons. The van der Waals surface area contributed by atoms with Gasteiger partial charge >= 0.3 is 0 Å². The molecule has 0 bridgehead atoms. The lowest BCUT2D eigenvalue weighted by Gasteiger charge is -2.32. The van der Waals surface area contributed by atoms with Crippen molar-refractivity contribution < 1.29 is 9.59 Å². The number of piperidine rings is 1. The van der Waals surface area contributed by atoms with Gasteiger partial charge in [-0.1, -0.05) is 54.6 Å². The smallest absolute Gasteiger partial charge is 0.255 e. The molecule has 1 aromatic heterocycles. The standard InChI is InChI=1S/C25H24N2O2/c1-18-23(10-5-15-26-18)25(29)27-16-6-9-22(17-27)24(28)21-13-11-20(12-14-21)19-7-3-2-4-8-19/h2-5,7-8,10-15,22H,6,9,16-17H2,1H3/t22-/m1/s1. The molecule has 0 N–H and O–H groups in total. The van der Waals surface area contributed by atoms with Crippen molar-refractivity contribution in [2.45, 2.75) is 19.8 Å². The highest BCUT2D eigenvalue weighted by atomic mass is 16.2. The van der Waals surface area contributed by atoms with Crippen molar-refractivity contribution in [1.82, 2.24) is 9.88 Å². The lowest BCUT2D eigenvalue weighted by molar-refractivity contribution is 0.0636. The number of pyridine rings is 1. The minimum absolute atomic E-state index is 0.0347. The third-order valence-corrected chi connectivity index (χ3v) is 5.59. The average molecular weight is 384 g/mol. The number of carbonyl (C=O) groups is 2. The Hall–Kier alpha value is -3.27. The second-order valence-corrected chi connectivity index (χ2v) is 7.53. The van der Waals surface area contributed by atoms with Crippen molar-refractivity contribution in [2.24, 2.45) is 5.92 Å².